The number of nitrogens with zero attached hydrogens (tertiary/aromatic N) is 1. The second-order valence-corrected chi connectivity index (χ2v) is 7.36. The van der Waals surface area contributed by atoms with Crippen LogP contribution in [0.15, 0.2) is 23.2 Å². The van der Waals surface area contributed by atoms with Crippen molar-refractivity contribution in [1.29, 1.82) is 0 Å². The maximum atomic E-state index is 12.1. The van der Waals surface area contributed by atoms with Crippen LogP contribution in [0.2, 0.25) is 5.15 Å². The van der Waals surface area contributed by atoms with E-state index in [0.29, 0.717) is 12.5 Å². The summed E-state index contributed by atoms with van der Waals surface area (Å²) in [4.78, 5) is 3.85. The van der Waals surface area contributed by atoms with Crippen molar-refractivity contribution in [2.24, 2.45) is 11.8 Å². The van der Waals surface area contributed by atoms with Crippen LogP contribution < -0.4 is 4.72 Å². The zero-order valence-electron chi connectivity index (χ0n) is 11.0. The number of pyridine rings is 1. The minimum absolute atomic E-state index is 0.0206. The van der Waals surface area contributed by atoms with Gasteiger partial charge in [-0.15, -0.1) is 0 Å². The fraction of sp³-hybridized carbons (Fsp3) is 0.615. The van der Waals surface area contributed by atoms with Crippen molar-refractivity contribution in [2.45, 2.75) is 37.5 Å². The highest BCUT2D eigenvalue weighted by atomic mass is 35.5. The van der Waals surface area contributed by atoms with Gasteiger partial charge in [0.2, 0.25) is 10.0 Å². The summed E-state index contributed by atoms with van der Waals surface area (Å²) in [7, 11) is -3.55. The lowest BCUT2D eigenvalue weighted by Gasteiger charge is -2.26. The number of hydrogen-bond acceptors (Lipinski definition) is 3. The van der Waals surface area contributed by atoms with Crippen molar-refractivity contribution in [3.05, 3.63) is 23.5 Å². The van der Waals surface area contributed by atoms with Crippen LogP contribution in [0.1, 0.15) is 32.6 Å². The van der Waals surface area contributed by atoms with Crippen LogP contribution in [0.25, 0.3) is 0 Å². The van der Waals surface area contributed by atoms with Crippen LogP contribution in [0.3, 0.4) is 0 Å². The van der Waals surface area contributed by atoms with Crippen molar-refractivity contribution in [2.75, 3.05) is 6.54 Å². The van der Waals surface area contributed by atoms with Gasteiger partial charge < -0.3 is 0 Å². The molecule has 1 aromatic rings. The van der Waals surface area contributed by atoms with E-state index in [1.165, 1.54) is 25.1 Å². The number of hydrogen-bond donors (Lipinski definition) is 1. The minimum atomic E-state index is -3.55. The molecule has 1 aliphatic carbocycles. The molecule has 1 aromatic heterocycles. The average Bonchev–Trinajstić information content (AvgIpc) is 2.38. The lowest BCUT2D eigenvalue weighted by molar-refractivity contribution is 0.290. The highest BCUT2D eigenvalue weighted by Gasteiger charge is 2.22. The molecule has 0 bridgehead atoms. The maximum Gasteiger partial charge on any atom is 0.243 e. The van der Waals surface area contributed by atoms with Crippen LogP contribution >= 0.6 is 11.6 Å². The smallest absolute Gasteiger partial charge is 0.243 e. The third-order valence-electron chi connectivity index (χ3n) is 3.71. The Morgan fingerprint density at radius 3 is 2.68 bits per heavy atom. The van der Waals surface area contributed by atoms with Crippen molar-refractivity contribution >= 4 is 21.6 Å². The van der Waals surface area contributed by atoms with Gasteiger partial charge in [-0.25, -0.2) is 18.1 Å². The third-order valence-corrected chi connectivity index (χ3v) is 5.58. The minimum Gasteiger partial charge on any atom is -0.243 e. The van der Waals surface area contributed by atoms with E-state index in [1.807, 2.05) is 0 Å². The number of aromatic nitrogens is 1. The Bertz CT molecular complexity index is 525. The highest BCUT2D eigenvalue weighted by molar-refractivity contribution is 7.89. The number of sulfonamides is 1. The lowest BCUT2D eigenvalue weighted by atomic mass is 9.83. The molecule has 0 aromatic carbocycles. The van der Waals surface area contributed by atoms with Gasteiger partial charge >= 0.3 is 0 Å². The Morgan fingerprint density at radius 2 is 2.05 bits per heavy atom. The van der Waals surface area contributed by atoms with Crippen LogP contribution in [0, 0.1) is 11.8 Å². The Morgan fingerprint density at radius 1 is 1.37 bits per heavy atom. The molecule has 2 rings (SSSR count). The summed E-state index contributed by atoms with van der Waals surface area (Å²) < 4.78 is 26.9. The molecular formula is C13H19ClN2O2S. The van der Waals surface area contributed by atoms with E-state index in [1.54, 1.807) is 6.07 Å². The third kappa shape index (κ3) is 3.91. The molecule has 19 heavy (non-hydrogen) atoms. The van der Waals surface area contributed by atoms with Gasteiger partial charge in [0.15, 0.2) is 0 Å². The number of halogens is 1. The molecule has 1 aliphatic rings. The molecule has 0 aliphatic heterocycles. The van der Waals surface area contributed by atoms with E-state index in [2.05, 4.69) is 16.6 Å². The van der Waals surface area contributed by atoms with E-state index in [9.17, 15) is 8.42 Å². The number of nitrogens with one attached hydrogen (secondary N) is 1. The first-order valence-electron chi connectivity index (χ1n) is 6.59. The molecule has 6 heteroatoms. The van der Waals surface area contributed by atoms with Gasteiger partial charge in [0.25, 0.3) is 0 Å². The van der Waals surface area contributed by atoms with Crippen molar-refractivity contribution < 1.29 is 8.42 Å². The van der Waals surface area contributed by atoms with Gasteiger partial charge in [-0.2, -0.15) is 0 Å². The van der Waals surface area contributed by atoms with Crippen molar-refractivity contribution in [1.82, 2.24) is 9.71 Å². The van der Waals surface area contributed by atoms with E-state index in [0.717, 1.165) is 18.8 Å². The van der Waals surface area contributed by atoms with Gasteiger partial charge in [0.1, 0.15) is 10.0 Å². The molecule has 0 unspecified atom stereocenters. The fourth-order valence-electron chi connectivity index (χ4n) is 2.41. The molecule has 4 nitrogen and oxygen atoms in total. The Kier molecular flexibility index (Phi) is 4.81. The highest BCUT2D eigenvalue weighted by Crippen LogP contribution is 2.28. The largest absolute Gasteiger partial charge is 0.243 e. The van der Waals surface area contributed by atoms with Gasteiger partial charge in [-0.1, -0.05) is 31.4 Å². The summed E-state index contributed by atoms with van der Waals surface area (Å²) in [6, 6.07) is 3.04. The Balaban J connectivity index is 1.97. The van der Waals surface area contributed by atoms with E-state index in [-0.39, 0.29) is 10.0 Å². The number of rotatable bonds is 4. The second-order valence-electron chi connectivity index (χ2n) is 5.27. The zero-order valence-corrected chi connectivity index (χ0v) is 12.5. The molecule has 106 valence electrons. The van der Waals surface area contributed by atoms with E-state index in [4.69, 9.17) is 11.6 Å². The van der Waals surface area contributed by atoms with Crippen molar-refractivity contribution in [3.63, 3.8) is 0 Å². The summed E-state index contributed by atoms with van der Waals surface area (Å²) in [6.07, 6.45) is 6.01. The molecule has 0 saturated heterocycles. The van der Waals surface area contributed by atoms with Crippen molar-refractivity contribution in [3.8, 4) is 0 Å². The van der Waals surface area contributed by atoms with Gasteiger partial charge in [0.05, 0.1) is 0 Å². The SMILES string of the molecule is CC1CCC(CNS(=O)(=O)c2cccnc2Cl)CC1. The van der Waals surface area contributed by atoms with Gasteiger partial charge in [0, 0.05) is 12.7 Å². The summed E-state index contributed by atoms with van der Waals surface area (Å²) in [5, 5.41) is 0.0206. The first-order valence-corrected chi connectivity index (χ1v) is 8.45. The van der Waals surface area contributed by atoms with E-state index < -0.39 is 10.0 Å². The van der Waals surface area contributed by atoms with Crippen LogP contribution in [0.5, 0.6) is 0 Å². The maximum absolute atomic E-state index is 12.1. The molecule has 1 heterocycles. The summed E-state index contributed by atoms with van der Waals surface area (Å²) in [5.74, 6) is 1.20. The first kappa shape index (κ1) is 14.8. The monoisotopic (exact) mass is 302 g/mol. The molecule has 0 atom stereocenters. The molecule has 0 spiro atoms. The molecular weight excluding hydrogens is 284 g/mol. The van der Waals surface area contributed by atoms with Gasteiger partial charge in [-0.05, 0) is 36.8 Å². The van der Waals surface area contributed by atoms with Gasteiger partial charge in [-0.3, -0.25) is 0 Å². The molecule has 0 radical (unpaired) electrons. The summed E-state index contributed by atoms with van der Waals surface area (Å²) in [5.41, 5.74) is 0. The summed E-state index contributed by atoms with van der Waals surface area (Å²) >= 11 is 5.82. The average molecular weight is 303 g/mol. The standard InChI is InChI=1S/C13H19ClN2O2S/c1-10-4-6-11(7-5-10)9-16-19(17,18)12-3-2-8-15-13(12)14/h2-3,8,10-11,16H,4-7,9H2,1H3. The van der Waals surface area contributed by atoms with Crippen LogP contribution in [0.4, 0.5) is 0 Å². The molecule has 1 fully saturated rings. The lowest BCUT2D eigenvalue weighted by Crippen LogP contribution is -2.31. The Labute approximate surface area is 119 Å². The quantitative estimate of drug-likeness (QED) is 0.870. The second kappa shape index (κ2) is 6.20. The molecule has 0 amide bonds. The Hall–Kier alpha value is -0.650. The normalized spacial score (nSPS) is 24.3. The van der Waals surface area contributed by atoms with Crippen LogP contribution in [-0.4, -0.2) is 19.9 Å². The molecule has 1 N–H and O–H groups in total. The molecule has 1 saturated carbocycles. The predicted molar refractivity (Wildman–Crippen MR) is 75.6 cm³/mol. The first-order chi connectivity index (χ1) is 8.99. The summed E-state index contributed by atoms with van der Waals surface area (Å²) in [6.45, 7) is 2.73. The van der Waals surface area contributed by atoms with E-state index >= 15 is 0 Å². The predicted octanol–water partition coefficient (Wildman–Crippen LogP) is 2.84. The fourth-order valence-corrected chi connectivity index (χ4v) is 3.98. The van der Waals surface area contributed by atoms with Crippen LogP contribution in [-0.2, 0) is 10.0 Å². The zero-order chi connectivity index (χ0) is 13.9. The topological polar surface area (TPSA) is 59.1 Å².